The fraction of sp³-hybridized carbons (Fsp3) is 0.857. The summed E-state index contributed by atoms with van der Waals surface area (Å²) in [7, 11) is 0. The number of rotatable bonds is 3. The second-order valence-corrected chi connectivity index (χ2v) is 6.73. The first-order valence-electron chi connectivity index (χ1n) is 7.80. The van der Waals surface area contributed by atoms with E-state index in [1.807, 2.05) is 0 Å². The van der Waals surface area contributed by atoms with E-state index in [0.717, 1.165) is 62.9 Å². The molecular weight excluding hydrogens is 254 g/mol. The monoisotopic (exact) mass is 275 g/mol. The van der Waals surface area contributed by atoms with Crippen molar-refractivity contribution in [1.29, 1.82) is 0 Å². The molecule has 6 heteroatoms. The smallest absolute Gasteiger partial charge is 0.225 e. The second kappa shape index (κ2) is 4.82. The Kier molecular flexibility index (Phi) is 2.97. The Morgan fingerprint density at radius 2 is 1.95 bits per heavy atom. The quantitative estimate of drug-likeness (QED) is 0.894. The van der Waals surface area contributed by atoms with E-state index in [4.69, 9.17) is 0 Å². The lowest BCUT2D eigenvalue weighted by Crippen LogP contribution is -2.42. The number of carbonyl (C=O) groups is 1. The highest BCUT2D eigenvalue weighted by molar-refractivity contribution is 5.79. The van der Waals surface area contributed by atoms with Gasteiger partial charge in [0, 0.05) is 25.4 Å². The van der Waals surface area contributed by atoms with E-state index in [1.165, 1.54) is 6.42 Å². The van der Waals surface area contributed by atoms with Crippen molar-refractivity contribution in [2.75, 3.05) is 13.1 Å². The van der Waals surface area contributed by atoms with E-state index < -0.39 is 0 Å². The molecule has 1 unspecified atom stereocenters. The Balaban J connectivity index is 1.27. The van der Waals surface area contributed by atoms with Crippen molar-refractivity contribution in [1.82, 2.24) is 25.5 Å². The van der Waals surface area contributed by atoms with Crippen LogP contribution in [-0.2, 0) is 11.2 Å². The van der Waals surface area contributed by atoms with Gasteiger partial charge in [-0.1, -0.05) is 5.21 Å². The van der Waals surface area contributed by atoms with Gasteiger partial charge in [0.1, 0.15) is 0 Å². The van der Waals surface area contributed by atoms with Gasteiger partial charge >= 0.3 is 0 Å². The number of hydrogen-bond acceptors (Lipinski definition) is 4. The van der Waals surface area contributed by atoms with Crippen LogP contribution < -0.4 is 0 Å². The Bertz CT molecular complexity index is 470. The van der Waals surface area contributed by atoms with Crippen LogP contribution >= 0.6 is 0 Å². The number of fused-ring (bicyclic) bond motifs is 1. The SMILES string of the molecule is O=C(C1C[C@@H]2C[C@@H]2C1)N1CCC(Cc2nn[nH]n2)CC1. The topological polar surface area (TPSA) is 74.8 Å². The third-order valence-corrected chi connectivity index (χ3v) is 5.38. The first-order chi connectivity index (χ1) is 9.79. The molecule has 20 heavy (non-hydrogen) atoms. The summed E-state index contributed by atoms with van der Waals surface area (Å²) in [5, 5.41) is 14.1. The van der Waals surface area contributed by atoms with Gasteiger partial charge in [-0.05, 0) is 49.9 Å². The normalized spacial score (nSPS) is 33.2. The van der Waals surface area contributed by atoms with Crippen LogP contribution in [0.25, 0.3) is 0 Å². The molecule has 3 fully saturated rings. The van der Waals surface area contributed by atoms with Gasteiger partial charge in [0.25, 0.3) is 0 Å². The predicted molar refractivity (Wildman–Crippen MR) is 71.5 cm³/mol. The summed E-state index contributed by atoms with van der Waals surface area (Å²) in [4.78, 5) is 14.6. The van der Waals surface area contributed by atoms with Gasteiger partial charge in [0.05, 0.1) is 0 Å². The minimum Gasteiger partial charge on any atom is -0.342 e. The number of hydrogen-bond donors (Lipinski definition) is 1. The average molecular weight is 275 g/mol. The fourth-order valence-electron chi connectivity index (χ4n) is 4.06. The summed E-state index contributed by atoms with van der Waals surface area (Å²) in [5.41, 5.74) is 0. The summed E-state index contributed by atoms with van der Waals surface area (Å²) < 4.78 is 0. The first-order valence-corrected chi connectivity index (χ1v) is 7.80. The highest BCUT2D eigenvalue weighted by Crippen LogP contribution is 2.54. The van der Waals surface area contributed by atoms with Crippen LogP contribution in [0.3, 0.4) is 0 Å². The zero-order valence-corrected chi connectivity index (χ0v) is 11.7. The van der Waals surface area contributed by atoms with Gasteiger partial charge in [0.15, 0.2) is 5.82 Å². The molecule has 2 saturated carbocycles. The van der Waals surface area contributed by atoms with Crippen LogP contribution in [0.2, 0.25) is 0 Å². The Morgan fingerprint density at radius 1 is 1.20 bits per heavy atom. The minimum atomic E-state index is 0.340. The summed E-state index contributed by atoms with van der Waals surface area (Å²) in [6.07, 6.45) is 6.72. The molecule has 2 aliphatic carbocycles. The minimum absolute atomic E-state index is 0.340. The first kappa shape index (κ1) is 12.3. The van der Waals surface area contributed by atoms with Crippen molar-refractivity contribution >= 4 is 5.91 Å². The van der Waals surface area contributed by atoms with Crippen molar-refractivity contribution in [3.05, 3.63) is 5.82 Å². The van der Waals surface area contributed by atoms with E-state index in [2.05, 4.69) is 25.5 Å². The fourth-order valence-corrected chi connectivity index (χ4v) is 4.06. The maximum Gasteiger partial charge on any atom is 0.225 e. The van der Waals surface area contributed by atoms with Crippen LogP contribution in [0.15, 0.2) is 0 Å². The lowest BCUT2D eigenvalue weighted by Gasteiger charge is -2.33. The Hall–Kier alpha value is -1.46. The molecule has 1 aliphatic heterocycles. The number of aromatic amines is 1. The van der Waals surface area contributed by atoms with Crippen LogP contribution in [0, 0.1) is 23.7 Å². The lowest BCUT2D eigenvalue weighted by molar-refractivity contribution is -0.137. The molecule has 1 N–H and O–H groups in total. The second-order valence-electron chi connectivity index (χ2n) is 6.73. The number of carbonyl (C=O) groups excluding carboxylic acids is 1. The third-order valence-electron chi connectivity index (χ3n) is 5.38. The standard InChI is InChI=1S/C14H21N5O/c20-14(12-7-10-6-11(10)8-12)19-3-1-9(2-4-19)5-13-15-17-18-16-13/h9-12H,1-8H2,(H,15,16,17,18)/t10-,11+,12?. The van der Waals surface area contributed by atoms with E-state index in [-0.39, 0.29) is 0 Å². The Morgan fingerprint density at radius 3 is 2.60 bits per heavy atom. The maximum absolute atomic E-state index is 12.5. The van der Waals surface area contributed by atoms with Crippen LogP contribution in [0.5, 0.6) is 0 Å². The molecule has 4 rings (SSSR count). The van der Waals surface area contributed by atoms with Crippen LogP contribution in [0.4, 0.5) is 0 Å². The molecule has 108 valence electrons. The number of piperidine rings is 1. The van der Waals surface area contributed by atoms with Crippen molar-refractivity contribution in [2.24, 2.45) is 23.7 Å². The molecule has 0 bridgehead atoms. The average Bonchev–Trinajstić information content (AvgIpc) is 2.90. The number of amides is 1. The molecule has 0 aromatic carbocycles. The van der Waals surface area contributed by atoms with Crippen molar-refractivity contribution in [2.45, 2.75) is 38.5 Å². The molecule has 0 spiro atoms. The molecule has 1 amide bonds. The van der Waals surface area contributed by atoms with Gasteiger partial charge in [-0.25, -0.2) is 0 Å². The van der Waals surface area contributed by atoms with Crippen molar-refractivity contribution < 1.29 is 4.79 Å². The van der Waals surface area contributed by atoms with Crippen LogP contribution in [0.1, 0.15) is 37.9 Å². The van der Waals surface area contributed by atoms with E-state index >= 15 is 0 Å². The molecular formula is C14H21N5O. The number of aromatic nitrogens is 4. The third kappa shape index (κ3) is 2.31. The maximum atomic E-state index is 12.5. The molecule has 1 aromatic heterocycles. The van der Waals surface area contributed by atoms with Gasteiger partial charge in [-0.15, -0.1) is 10.2 Å². The summed E-state index contributed by atoms with van der Waals surface area (Å²) >= 11 is 0. The largest absolute Gasteiger partial charge is 0.342 e. The van der Waals surface area contributed by atoms with Gasteiger partial charge in [-0.2, -0.15) is 5.21 Å². The lowest BCUT2D eigenvalue weighted by atomic mass is 9.92. The highest BCUT2D eigenvalue weighted by atomic mass is 16.2. The number of likely N-dealkylation sites (tertiary alicyclic amines) is 1. The zero-order chi connectivity index (χ0) is 13.5. The van der Waals surface area contributed by atoms with E-state index in [9.17, 15) is 4.79 Å². The molecule has 3 atom stereocenters. The number of H-pyrrole nitrogens is 1. The number of nitrogens with one attached hydrogen (secondary N) is 1. The van der Waals surface area contributed by atoms with Crippen molar-refractivity contribution in [3.63, 3.8) is 0 Å². The van der Waals surface area contributed by atoms with Gasteiger partial charge in [0.2, 0.25) is 5.91 Å². The van der Waals surface area contributed by atoms with Crippen LogP contribution in [-0.4, -0.2) is 44.5 Å². The van der Waals surface area contributed by atoms with Gasteiger partial charge in [-0.3, -0.25) is 4.79 Å². The summed E-state index contributed by atoms with van der Waals surface area (Å²) in [5.74, 6) is 3.93. The molecule has 2 heterocycles. The highest BCUT2D eigenvalue weighted by Gasteiger charge is 2.48. The Labute approximate surface area is 118 Å². The van der Waals surface area contributed by atoms with Gasteiger partial charge < -0.3 is 4.90 Å². The van der Waals surface area contributed by atoms with E-state index in [1.54, 1.807) is 0 Å². The molecule has 1 saturated heterocycles. The predicted octanol–water partition coefficient (Wildman–Crippen LogP) is 1.03. The molecule has 1 aromatic rings. The zero-order valence-electron chi connectivity index (χ0n) is 11.7. The molecule has 0 radical (unpaired) electrons. The number of nitrogens with zero attached hydrogens (tertiary/aromatic N) is 4. The van der Waals surface area contributed by atoms with E-state index in [0.29, 0.717) is 17.7 Å². The molecule has 3 aliphatic rings. The summed E-state index contributed by atoms with van der Waals surface area (Å²) in [6, 6.07) is 0. The molecule has 6 nitrogen and oxygen atoms in total. The van der Waals surface area contributed by atoms with Crippen molar-refractivity contribution in [3.8, 4) is 0 Å². The summed E-state index contributed by atoms with van der Waals surface area (Å²) in [6.45, 7) is 1.82. The number of tetrazole rings is 1.